The lowest BCUT2D eigenvalue weighted by Crippen LogP contribution is -2.10. The average molecular weight is 317 g/mol. The molecule has 0 atom stereocenters. The van der Waals surface area contributed by atoms with E-state index in [2.05, 4.69) is 0 Å². The molecule has 0 aliphatic heterocycles. The van der Waals surface area contributed by atoms with E-state index in [9.17, 15) is 0 Å². The normalized spacial score (nSPS) is 10.2. The first kappa shape index (κ1) is 17.0. The predicted molar refractivity (Wildman–Crippen MR) is 89.7 cm³/mol. The lowest BCUT2D eigenvalue weighted by molar-refractivity contribution is 0.206. The lowest BCUT2D eigenvalue weighted by atomic mass is 10.1. The van der Waals surface area contributed by atoms with Crippen molar-refractivity contribution < 1.29 is 18.9 Å². The van der Waals surface area contributed by atoms with E-state index in [4.69, 9.17) is 24.7 Å². The number of rotatable bonds is 9. The van der Waals surface area contributed by atoms with Gasteiger partial charge in [0.05, 0.1) is 14.2 Å². The number of nitrogens with two attached hydrogens (primary N) is 1. The van der Waals surface area contributed by atoms with E-state index in [1.807, 2.05) is 42.5 Å². The molecule has 0 amide bonds. The second-order valence-electron chi connectivity index (χ2n) is 4.87. The predicted octanol–water partition coefficient (Wildman–Crippen LogP) is 2.66. The highest BCUT2D eigenvalue weighted by Gasteiger charge is 2.07. The van der Waals surface area contributed by atoms with Crippen LogP contribution in [0.3, 0.4) is 0 Å². The first-order chi connectivity index (χ1) is 11.3. The maximum absolute atomic E-state index is 5.78. The molecule has 0 heterocycles. The molecule has 0 unspecified atom stereocenters. The van der Waals surface area contributed by atoms with Gasteiger partial charge in [0.2, 0.25) is 0 Å². The van der Waals surface area contributed by atoms with Gasteiger partial charge in [-0.3, -0.25) is 0 Å². The third-order valence-corrected chi connectivity index (χ3v) is 3.33. The smallest absolute Gasteiger partial charge is 0.161 e. The van der Waals surface area contributed by atoms with Crippen molar-refractivity contribution in [3.8, 4) is 23.0 Å². The Bertz CT molecular complexity index is 616. The van der Waals surface area contributed by atoms with Crippen LogP contribution < -0.4 is 24.7 Å². The molecule has 0 saturated heterocycles. The van der Waals surface area contributed by atoms with Crippen LogP contribution in [0, 0.1) is 0 Å². The minimum Gasteiger partial charge on any atom is -0.493 e. The molecule has 0 fully saturated rings. The van der Waals surface area contributed by atoms with E-state index in [-0.39, 0.29) is 0 Å². The van der Waals surface area contributed by atoms with E-state index < -0.39 is 0 Å². The highest BCUT2D eigenvalue weighted by atomic mass is 16.5. The molecular weight excluding hydrogens is 294 g/mol. The standard InChI is InChI=1S/C18H23NO4/c1-20-15-5-3-4-6-17(15)22-11-12-23-18-13-14(9-10-19)7-8-16(18)21-2/h3-8,13H,9-12,19H2,1-2H3. The van der Waals surface area contributed by atoms with Crippen molar-refractivity contribution in [2.45, 2.75) is 6.42 Å². The largest absolute Gasteiger partial charge is 0.493 e. The van der Waals surface area contributed by atoms with Gasteiger partial charge in [-0.15, -0.1) is 0 Å². The van der Waals surface area contributed by atoms with Gasteiger partial charge >= 0.3 is 0 Å². The Morgan fingerprint density at radius 1 is 0.783 bits per heavy atom. The molecule has 2 aromatic rings. The van der Waals surface area contributed by atoms with Crippen LogP contribution in [0.5, 0.6) is 23.0 Å². The number of methoxy groups -OCH3 is 2. The molecule has 0 aliphatic carbocycles. The second kappa shape index (κ2) is 8.90. The summed E-state index contributed by atoms with van der Waals surface area (Å²) in [6.45, 7) is 1.41. The first-order valence-corrected chi connectivity index (χ1v) is 7.54. The van der Waals surface area contributed by atoms with Crippen molar-refractivity contribution >= 4 is 0 Å². The van der Waals surface area contributed by atoms with Crippen molar-refractivity contribution in [2.75, 3.05) is 34.0 Å². The Morgan fingerprint density at radius 3 is 2.04 bits per heavy atom. The Morgan fingerprint density at radius 2 is 1.39 bits per heavy atom. The molecule has 0 aromatic heterocycles. The third-order valence-electron chi connectivity index (χ3n) is 3.33. The van der Waals surface area contributed by atoms with Gasteiger partial charge in [-0.2, -0.15) is 0 Å². The van der Waals surface area contributed by atoms with Crippen LogP contribution in [-0.4, -0.2) is 34.0 Å². The molecule has 0 aliphatic rings. The van der Waals surface area contributed by atoms with Crippen LogP contribution in [0.1, 0.15) is 5.56 Å². The Balaban J connectivity index is 1.91. The summed E-state index contributed by atoms with van der Waals surface area (Å²) in [4.78, 5) is 0. The molecule has 0 bridgehead atoms. The summed E-state index contributed by atoms with van der Waals surface area (Å²) in [6, 6.07) is 13.4. The summed E-state index contributed by atoms with van der Waals surface area (Å²) < 4.78 is 22.0. The molecule has 2 N–H and O–H groups in total. The van der Waals surface area contributed by atoms with Crippen LogP contribution in [0.25, 0.3) is 0 Å². The van der Waals surface area contributed by atoms with Crippen molar-refractivity contribution in [1.29, 1.82) is 0 Å². The number of hydrogen-bond acceptors (Lipinski definition) is 5. The molecule has 5 heteroatoms. The maximum Gasteiger partial charge on any atom is 0.161 e. The molecule has 0 spiro atoms. The molecule has 0 radical (unpaired) electrons. The number of benzene rings is 2. The minimum atomic E-state index is 0.403. The zero-order valence-corrected chi connectivity index (χ0v) is 13.6. The number of ether oxygens (including phenoxy) is 4. The van der Waals surface area contributed by atoms with Crippen LogP contribution in [-0.2, 0) is 6.42 Å². The Hall–Kier alpha value is -2.40. The zero-order chi connectivity index (χ0) is 16.5. The fraction of sp³-hybridized carbons (Fsp3) is 0.333. The summed E-state index contributed by atoms with van der Waals surface area (Å²) in [6.07, 6.45) is 0.804. The summed E-state index contributed by atoms with van der Waals surface area (Å²) >= 11 is 0. The Kier molecular flexibility index (Phi) is 6.56. The summed E-state index contributed by atoms with van der Waals surface area (Å²) in [7, 11) is 3.24. The molecule has 0 saturated carbocycles. The topological polar surface area (TPSA) is 62.9 Å². The van der Waals surface area contributed by atoms with Gasteiger partial charge in [0.25, 0.3) is 0 Å². The fourth-order valence-electron chi connectivity index (χ4n) is 2.20. The van der Waals surface area contributed by atoms with E-state index in [1.165, 1.54) is 0 Å². The molecule has 2 aromatic carbocycles. The van der Waals surface area contributed by atoms with Gasteiger partial charge in [-0.1, -0.05) is 18.2 Å². The molecule has 2 rings (SSSR count). The fourth-order valence-corrected chi connectivity index (χ4v) is 2.20. The monoisotopic (exact) mass is 317 g/mol. The van der Waals surface area contributed by atoms with Crippen molar-refractivity contribution in [2.24, 2.45) is 5.73 Å². The van der Waals surface area contributed by atoms with E-state index in [0.29, 0.717) is 42.8 Å². The van der Waals surface area contributed by atoms with Gasteiger partial charge in [-0.05, 0) is 42.8 Å². The summed E-state index contributed by atoms with van der Waals surface area (Å²) in [5.74, 6) is 2.79. The third kappa shape index (κ3) is 4.79. The molecule has 124 valence electrons. The first-order valence-electron chi connectivity index (χ1n) is 7.54. The number of hydrogen-bond donors (Lipinski definition) is 1. The van der Waals surface area contributed by atoms with Gasteiger partial charge in [0.15, 0.2) is 23.0 Å². The minimum absolute atomic E-state index is 0.403. The Labute approximate surface area is 136 Å². The zero-order valence-electron chi connectivity index (χ0n) is 13.6. The average Bonchev–Trinajstić information content (AvgIpc) is 2.59. The lowest BCUT2D eigenvalue weighted by Gasteiger charge is -2.13. The van der Waals surface area contributed by atoms with Gasteiger partial charge < -0.3 is 24.7 Å². The maximum atomic E-state index is 5.78. The SMILES string of the molecule is COc1ccccc1OCCOc1cc(CCN)ccc1OC. The van der Waals surface area contributed by atoms with Gasteiger partial charge in [0.1, 0.15) is 13.2 Å². The summed E-state index contributed by atoms with van der Waals surface area (Å²) in [5, 5.41) is 0. The van der Waals surface area contributed by atoms with E-state index in [0.717, 1.165) is 12.0 Å². The van der Waals surface area contributed by atoms with Crippen molar-refractivity contribution in [3.63, 3.8) is 0 Å². The van der Waals surface area contributed by atoms with Crippen LogP contribution >= 0.6 is 0 Å². The summed E-state index contributed by atoms with van der Waals surface area (Å²) in [5.41, 5.74) is 6.71. The van der Waals surface area contributed by atoms with E-state index in [1.54, 1.807) is 14.2 Å². The van der Waals surface area contributed by atoms with E-state index >= 15 is 0 Å². The van der Waals surface area contributed by atoms with Crippen LogP contribution in [0.15, 0.2) is 42.5 Å². The van der Waals surface area contributed by atoms with Crippen molar-refractivity contribution in [3.05, 3.63) is 48.0 Å². The highest BCUT2D eigenvalue weighted by Crippen LogP contribution is 2.29. The number of para-hydroxylation sites is 2. The van der Waals surface area contributed by atoms with Gasteiger partial charge in [-0.25, -0.2) is 0 Å². The van der Waals surface area contributed by atoms with Crippen LogP contribution in [0.4, 0.5) is 0 Å². The quantitative estimate of drug-likeness (QED) is 0.720. The molecule has 23 heavy (non-hydrogen) atoms. The highest BCUT2D eigenvalue weighted by molar-refractivity contribution is 5.43. The van der Waals surface area contributed by atoms with Crippen LogP contribution in [0.2, 0.25) is 0 Å². The second-order valence-corrected chi connectivity index (χ2v) is 4.87. The molecular formula is C18H23NO4. The molecule has 5 nitrogen and oxygen atoms in total. The van der Waals surface area contributed by atoms with Crippen molar-refractivity contribution in [1.82, 2.24) is 0 Å². The van der Waals surface area contributed by atoms with Gasteiger partial charge in [0, 0.05) is 0 Å².